The smallest absolute Gasteiger partial charge is 0.255 e. The van der Waals surface area contributed by atoms with Crippen molar-refractivity contribution in [3.05, 3.63) is 76.2 Å². The number of benzene rings is 2. The van der Waals surface area contributed by atoms with Gasteiger partial charge in [0.1, 0.15) is 5.75 Å². The second-order valence-corrected chi connectivity index (χ2v) is 9.39. The Balaban J connectivity index is 1.98. The number of anilines is 2. The topological polar surface area (TPSA) is 117 Å². The second-order valence-electron chi connectivity index (χ2n) is 7.64. The predicted molar refractivity (Wildman–Crippen MR) is 131 cm³/mol. The number of hydrogen-bond acceptors (Lipinski definition) is 5. The Labute approximate surface area is 193 Å². The molecule has 1 amide bonds. The van der Waals surface area contributed by atoms with Gasteiger partial charge in [0.2, 0.25) is 10.0 Å². The molecule has 0 aliphatic rings. The highest BCUT2D eigenvalue weighted by Crippen LogP contribution is 2.35. The van der Waals surface area contributed by atoms with Crippen LogP contribution < -0.4 is 20.3 Å². The van der Waals surface area contributed by atoms with Crippen LogP contribution in [0.15, 0.2) is 59.5 Å². The van der Waals surface area contributed by atoms with E-state index >= 15 is 0 Å². The molecule has 33 heavy (non-hydrogen) atoms. The normalized spacial score (nSPS) is 11.1. The molecule has 9 heteroatoms. The molecule has 3 aromatic rings. The molecule has 1 heterocycles. The average molecular weight is 470 g/mol. The average Bonchev–Trinajstić information content (AvgIpc) is 2.77. The first-order valence-electron chi connectivity index (χ1n) is 10.5. The van der Waals surface area contributed by atoms with Crippen LogP contribution in [0.4, 0.5) is 11.4 Å². The number of carbonyl (C=O) groups excluding carboxylic acids is 1. The molecule has 3 N–H and O–H groups in total. The summed E-state index contributed by atoms with van der Waals surface area (Å²) >= 11 is 0. The number of pyridine rings is 1. The van der Waals surface area contributed by atoms with Gasteiger partial charge in [-0.1, -0.05) is 13.3 Å². The van der Waals surface area contributed by atoms with Crippen molar-refractivity contribution in [1.29, 1.82) is 0 Å². The number of rotatable bonds is 9. The van der Waals surface area contributed by atoms with Gasteiger partial charge < -0.3 is 15.0 Å². The molecule has 0 spiro atoms. The number of ether oxygens (including phenoxy) is 1. The molecule has 0 saturated carbocycles. The van der Waals surface area contributed by atoms with E-state index in [4.69, 9.17) is 4.74 Å². The van der Waals surface area contributed by atoms with Crippen LogP contribution in [0, 0.1) is 0 Å². The number of methoxy groups -OCH3 is 1. The number of hydrogen-bond donors (Lipinski definition) is 3. The number of aryl methyl sites for hydroxylation is 1. The van der Waals surface area contributed by atoms with E-state index in [9.17, 15) is 18.0 Å². The minimum atomic E-state index is -3.41. The largest absolute Gasteiger partial charge is 0.494 e. The summed E-state index contributed by atoms with van der Waals surface area (Å²) in [5.41, 5.74) is 2.98. The summed E-state index contributed by atoms with van der Waals surface area (Å²) < 4.78 is 30.8. The zero-order valence-corrected chi connectivity index (χ0v) is 19.6. The molecule has 0 fully saturated rings. The molecular formula is C24H27N3O5S. The lowest BCUT2D eigenvalue weighted by molar-refractivity contribution is 0.102. The Bertz CT molecular complexity index is 1300. The molecular weight excluding hydrogens is 442 g/mol. The van der Waals surface area contributed by atoms with E-state index in [1.165, 1.54) is 24.3 Å². The molecule has 0 bridgehead atoms. The van der Waals surface area contributed by atoms with Gasteiger partial charge in [-0.25, -0.2) is 8.42 Å². The number of amides is 1. The first kappa shape index (κ1) is 24.1. The van der Waals surface area contributed by atoms with E-state index < -0.39 is 10.0 Å². The Morgan fingerprint density at radius 2 is 1.85 bits per heavy atom. The number of carbonyl (C=O) groups is 1. The Morgan fingerprint density at radius 1 is 1.12 bits per heavy atom. The molecule has 2 aromatic carbocycles. The van der Waals surface area contributed by atoms with Crippen molar-refractivity contribution in [2.75, 3.05) is 23.4 Å². The number of sulfonamides is 1. The number of nitrogens with one attached hydrogen (secondary N) is 3. The number of aromatic amines is 1. The molecule has 0 aliphatic heterocycles. The minimum Gasteiger partial charge on any atom is -0.494 e. The predicted octanol–water partition coefficient (Wildman–Crippen LogP) is 4.02. The van der Waals surface area contributed by atoms with Gasteiger partial charge in [0.15, 0.2) is 0 Å². The second kappa shape index (κ2) is 10.4. The first-order chi connectivity index (χ1) is 15.7. The van der Waals surface area contributed by atoms with Gasteiger partial charge in [-0.15, -0.1) is 0 Å². The quantitative estimate of drug-likeness (QED) is 0.438. The molecule has 1 aromatic heterocycles. The standard InChI is InChI=1S/C24H27N3O5S/c1-4-5-7-17-14-18(20-8-6-13-25-24(20)29)15-21(22(17)32-2)26-23(28)16-9-11-19(12-10-16)27-33(3,30)31/h6,8-15,27H,4-5,7H2,1-3H3,(H,25,29)(H,26,28). The minimum absolute atomic E-state index is 0.227. The highest BCUT2D eigenvalue weighted by atomic mass is 32.2. The maximum atomic E-state index is 12.9. The molecule has 0 unspecified atom stereocenters. The van der Waals surface area contributed by atoms with E-state index in [2.05, 4.69) is 21.9 Å². The van der Waals surface area contributed by atoms with Gasteiger partial charge in [0, 0.05) is 23.0 Å². The third kappa shape index (κ3) is 6.23. The molecule has 0 atom stereocenters. The monoisotopic (exact) mass is 469 g/mol. The summed E-state index contributed by atoms with van der Waals surface area (Å²) in [5.74, 6) is 0.156. The fourth-order valence-corrected chi connectivity index (χ4v) is 4.04. The van der Waals surface area contributed by atoms with Crippen LogP contribution in [0.5, 0.6) is 5.75 Å². The van der Waals surface area contributed by atoms with Gasteiger partial charge in [0.05, 0.1) is 19.1 Å². The third-order valence-corrected chi connectivity index (χ3v) is 5.60. The van der Waals surface area contributed by atoms with Crippen molar-refractivity contribution in [3.63, 3.8) is 0 Å². The molecule has 174 valence electrons. The third-order valence-electron chi connectivity index (χ3n) is 5.00. The van der Waals surface area contributed by atoms with Crippen molar-refractivity contribution in [2.24, 2.45) is 0 Å². The SMILES string of the molecule is CCCCc1cc(-c2ccc[nH]c2=O)cc(NC(=O)c2ccc(NS(C)(=O)=O)cc2)c1OC. The van der Waals surface area contributed by atoms with Crippen molar-refractivity contribution in [2.45, 2.75) is 26.2 Å². The lowest BCUT2D eigenvalue weighted by Crippen LogP contribution is -2.15. The summed E-state index contributed by atoms with van der Waals surface area (Å²) in [4.78, 5) is 28.0. The van der Waals surface area contributed by atoms with Crippen LogP contribution in [0.2, 0.25) is 0 Å². The van der Waals surface area contributed by atoms with E-state index in [1.807, 2.05) is 6.07 Å². The van der Waals surface area contributed by atoms with E-state index in [1.54, 1.807) is 31.5 Å². The fraction of sp³-hybridized carbons (Fsp3) is 0.250. The molecule has 0 aliphatic carbocycles. The van der Waals surface area contributed by atoms with Crippen LogP contribution in [0.3, 0.4) is 0 Å². The molecule has 8 nitrogen and oxygen atoms in total. The lowest BCUT2D eigenvalue weighted by atomic mass is 9.98. The number of aromatic nitrogens is 1. The number of H-pyrrole nitrogens is 1. The lowest BCUT2D eigenvalue weighted by Gasteiger charge is -2.17. The summed E-state index contributed by atoms with van der Waals surface area (Å²) in [6.07, 6.45) is 5.26. The Kier molecular flexibility index (Phi) is 7.55. The fourth-order valence-electron chi connectivity index (χ4n) is 3.48. The van der Waals surface area contributed by atoms with Crippen molar-refractivity contribution >= 4 is 27.3 Å². The molecule has 3 rings (SSSR count). The van der Waals surface area contributed by atoms with Crippen LogP contribution >= 0.6 is 0 Å². The Hall–Kier alpha value is -3.59. The van der Waals surface area contributed by atoms with Crippen LogP contribution in [-0.2, 0) is 16.4 Å². The van der Waals surface area contributed by atoms with Gasteiger partial charge >= 0.3 is 0 Å². The van der Waals surface area contributed by atoms with Crippen LogP contribution in [0.1, 0.15) is 35.7 Å². The molecule has 0 saturated heterocycles. The zero-order valence-electron chi connectivity index (χ0n) is 18.8. The van der Waals surface area contributed by atoms with Crippen LogP contribution in [-0.4, -0.2) is 32.7 Å². The highest BCUT2D eigenvalue weighted by molar-refractivity contribution is 7.92. The summed E-state index contributed by atoms with van der Waals surface area (Å²) in [6, 6.07) is 13.2. The zero-order chi connectivity index (χ0) is 24.0. The summed E-state index contributed by atoms with van der Waals surface area (Å²) in [7, 11) is -1.87. The number of unbranched alkanes of at least 4 members (excludes halogenated alkanes) is 1. The Morgan fingerprint density at radius 3 is 2.45 bits per heavy atom. The van der Waals surface area contributed by atoms with Gasteiger partial charge in [-0.05, 0) is 72.5 Å². The van der Waals surface area contributed by atoms with Crippen molar-refractivity contribution in [3.8, 4) is 16.9 Å². The summed E-state index contributed by atoms with van der Waals surface area (Å²) in [5, 5.41) is 2.88. The van der Waals surface area contributed by atoms with E-state index in [0.717, 1.165) is 31.1 Å². The highest BCUT2D eigenvalue weighted by Gasteiger charge is 2.17. The summed E-state index contributed by atoms with van der Waals surface area (Å²) in [6.45, 7) is 2.09. The van der Waals surface area contributed by atoms with Gasteiger partial charge in [-0.2, -0.15) is 0 Å². The van der Waals surface area contributed by atoms with Gasteiger partial charge in [0.25, 0.3) is 11.5 Å². The maximum Gasteiger partial charge on any atom is 0.255 e. The van der Waals surface area contributed by atoms with E-state index in [0.29, 0.717) is 33.8 Å². The first-order valence-corrected chi connectivity index (χ1v) is 12.4. The van der Waals surface area contributed by atoms with Crippen molar-refractivity contribution in [1.82, 2.24) is 4.98 Å². The van der Waals surface area contributed by atoms with Crippen molar-refractivity contribution < 1.29 is 17.9 Å². The maximum absolute atomic E-state index is 12.9. The van der Waals surface area contributed by atoms with E-state index in [-0.39, 0.29) is 11.5 Å². The molecule has 0 radical (unpaired) electrons. The van der Waals surface area contributed by atoms with Crippen LogP contribution in [0.25, 0.3) is 11.1 Å². The van der Waals surface area contributed by atoms with Gasteiger partial charge in [-0.3, -0.25) is 14.3 Å².